The highest BCUT2D eigenvalue weighted by Crippen LogP contribution is 2.28. The predicted molar refractivity (Wildman–Crippen MR) is 93.5 cm³/mol. The Morgan fingerprint density at radius 3 is 2.50 bits per heavy atom. The van der Waals surface area contributed by atoms with Crippen molar-refractivity contribution in [2.24, 2.45) is 5.92 Å². The van der Waals surface area contributed by atoms with Crippen LogP contribution in [-0.4, -0.2) is 39.4 Å². The Bertz CT molecular complexity index is 585. The second-order valence-electron chi connectivity index (χ2n) is 5.65. The van der Waals surface area contributed by atoms with Crippen LogP contribution in [0.15, 0.2) is 23.1 Å². The zero-order valence-corrected chi connectivity index (χ0v) is 15.4. The van der Waals surface area contributed by atoms with Crippen LogP contribution in [0.25, 0.3) is 0 Å². The van der Waals surface area contributed by atoms with Gasteiger partial charge < -0.3 is 5.32 Å². The van der Waals surface area contributed by atoms with Crippen LogP contribution >= 0.6 is 24.0 Å². The average molecular weight is 367 g/mol. The first-order chi connectivity index (χ1) is 9.95. The van der Waals surface area contributed by atoms with Gasteiger partial charge in [0, 0.05) is 18.1 Å². The van der Waals surface area contributed by atoms with Crippen LogP contribution in [0.3, 0.4) is 0 Å². The van der Waals surface area contributed by atoms with Crippen LogP contribution in [0.2, 0.25) is 5.02 Å². The molecule has 126 valence electrons. The van der Waals surface area contributed by atoms with Gasteiger partial charge in [-0.05, 0) is 69.5 Å². The van der Waals surface area contributed by atoms with Crippen molar-refractivity contribution in [3.05, 3.63) is 28.8 Å². The van der Waals surface area contributed by atoms with Crippen molar-refractivity contribution < 1.29 is 8.42 Å². The van der Waals surface area contributed by atoms with E-state index in [1.54, 1.807) is 29.4 Å². The average Bonchev–Trinajstić information content (AvgIpc) is 2.45. The molecule has 0 unspecified atom stereocenters. The second kappa shape index (κ2) is 8.50. The Morgan fingerprint density at radius 1 is 1.32 bits per heavy atom. The monoisotopic (exact) mass is 366 g/mol. The molecule has 7 heteroatoms. The molecule has 0 bridgehead atoms. The van der Waals surface area contributed by atoms with Gasteiger partial charge in [0.15, 0.2) is 0 Å². The number of benzene rings is 1. The fourth-order valence-corrected chi connectivity index (χ4v) is 4.73. The molecular weight excluding hydrogens is 343 g/mol. The van der Waals surface area contributed by atoms with Crippen LogP contribution in [0.5, 0.6) is 0 Å². The first-order valence-corrected chi connectivity index (χ1v) is 9.18. The van der Waals surface area contributed by atoms with E-state index in [0.29, 0.717) is 34.5 Å². The highest BCUT2D eigenvalue weighted by atomic mass is 35.5. The van der Waals surface area contributed by atoms with Crippen LogP contribution in [0, 0.1) is 12.8 Å². The summed E-state index contributed by atoms with van der Waals surface area (Å²) in [5.74, 6) is 0.621. The molecule has 4 nitrogen and oxygen atoms in total. The molecule has 0 aliphatic carbocycles. The normalized spacial score (nSPS) is 17.2. The second-order valence-corrected chi connectivity index (χ2v) is 7.99. The van der Waals surface area contributed by atoms with Crippen molar-refractivity contribution in [3.63, 3.8) is 0 Å². The summed E-state index contributed by atoms with van der Waals surface area (Å²) in [7, 11) is -1.45. The van der Waals surface area contributed by atoms with Gasteiger partial charge in [0.1, 0.15) is 0 Å². The van der Waals surface area contributed by atoms with E-state index in [-0.39, 0.29) is 12.4 Å². The standard InChI is InChI=1S/C15H23ClN2O2S.ClH/c1-12-11-14(16)3-4-15(12)21(19,20)18-9-6-13(7-10-18)5-8-17-2;/h3-4,11,13,17H,5-10H2,1-2H3;1H. The van der Waals surface area contributed by atoms with Gasteiger partial charge in [-0.25, -0.2) is 8.42 Å². The van der Waals surface area contributed by atoms with E-state index in [4.69, 9.17) is 11.6 Å². The molecule has 0 spiro atoms. The lowest BCUT2D eigenvalue weighted by Crippen LogP contribution is -2.39. The molecule has 0 aromatic heterocycles. The number of halogens is 2. The lowest BCUT2D eigenvalue weighted by atomic mass is 9.95. The van der Waals surface area contributed by atoms with Crippen LogP contribution in [0.4, 0.5) is 0 Å². The zero-order chi connectivity index (χ0) is 15.5. The highest BCUT2D eigenvalue weighted by Gasteiger charge is 2.30. The van der Waals surface area contributed by atoms with Crippen molar-refractivity contribution in [2.45, 2.75) is 31.1 Å². The number of aryl methyl sites for hydroxylation is 1. The smallest absolute Gasteiger partial charge is 0.243 e. The summed E-state index contributed by atoms with van der Waals surface area (Å²) in [6, 6.07) is 4.95. The first-order valence-electron chi connectivity index (χ1n) is 7.36. The number of hydrogen-bond acceptors (Lipinski definition) is 3. The van der Waals surface area contributed by atoms with Gasteiger partial charge in [-0.15, -0.1) is 12.4 Å². The van der Waals surface area contributed by atoms with Crippen molar-refractivity contribution in [2.75, 3.05) is 26.7 Å². The van der Waals surface area contributed by atoms with E-state index in [2.05, 4.69) is 5.32 Å². The molecule has 1 N–H and O–H groups in total. The Hall–Kier alpha value is -0.330. The molecule has 0 saturated carbocycles. The lowest BCUT2D eigenvalue weighted by Gasteiger charge is -2.31. The fourth-order valence-electron chi connectivity index (χ4n) is 2.83. The van der Waals surface area contributed by atoms with E-state index >= 15 is 0 Å². The van der Waals surface area contributed by atoms with Crippen molar-refractivity contribution >= 4 is 34.0 Å². The third-order valence-corrected chi connectivity index (χ3v) is 6.42. The molecule has 22 heavy (non-hydrogen) atoms. The van der Waals surface area contributed by atoms with Gasteiger partial charge in [0.25, 0.3) is 0 Å². The van der Waals surface area contributed by atoms with Crippen LogP contribution in [0.1, 0.15) is 24.8 Å². The number of nitrogens with zero attached hydrogens (tertiary/aromatic N) is 1. The van der Waals surface area contributed by atoms with E-state index in [1.807, 2.05) is 7.05 Å². The Kier molecular flexibility index (Phi) is 7.62. The molecule has 1 saturated heterocycles. The largest absolute Gasteiger partial charge is 0.320 e. The third-order valence-electron chi connectivity index (χ3n) is 4.13. The number of nitrogens with one attached hydrogen (secondary N) is 1. The summed E-state index contributed by atoms with van der Waals surface area (Å²) in [6.45, 7) is 4.00. The van der Waals surface area contributed by atoms with E-state index in [1.165, 1.54) is 0 Å². The molecule has 0 amide bonds. The Balaban J connectivity index is 0.00000242. The van der Waals surface area contributed by atoms with Crippen molar-refractivity contribution in [1.29, 1.82) is 0 Å². The van der Waals surface area contributed by atoms with Gasteiger partial charge in [-0.3, -0.25) is 0 Å². The van der Waals surface area contributed by atoms with E-state index < -0.39 is 10.0 Å². The van der Waals surface area contributed by atoms with Crippen LogP contribution < -0.4 is 5.32 Å². The number of rotatable bonds is 5. The minimum Gasteiger partial charge on any atom is -0.320 e. The molecule has 0 radical (unpaired) electrons. The quantitative estimate of drug-likeness (QED) is 0.870. The lowest BCUT2D eigenvalue weighted by molar-refractivity contribution is 0.263. The number of sulfonamides is 1. The molecule has 1 aromatic rings. The summed E-state index contributed by atoms with van der Waals surface area (Å²) in [5, 5.41) is 3.72. The Morgan fingerprint density at radius 2 is 1.95 bits per heavy atom. The number of piperidine rings is 1. The van der Waals surface area contributed by atoms with Crippen molar-refractivity contribution in [1.82, 2.24) is 9.62 Å². The van der Waals surface area contributed by atoms with Gasteiger partial charge in [0.05, 0.1) is 4.90 Å². The van der Waals surface area contributed by atoms with Gasteiger partial charge in [0.2, 0.25) is 10.0 Å². The zero-order valence-electron chi connectivity index (χ0n) is 13.0. The maximum atomic E-state index is 12.7. The third kappa shape index (κ3) is 4.59. The summed E-state index contributed by atoms with van der Waals surface area (Å²) in [6.07, 6.45) is 2.99. The molecular formula is C15H24Cl2N2O2S. The van der Waals surface area contributed by atoms with E-state index in [9.17, 15) is 8.42 Å². The number of hydrogen-bond donors (Lipinski definition) is 1. The predicted octanol–water partition coefficient (Wildman–Crippen LogP) is 3.08. The maximum absolute atomic E-state index is 12.7. The van der Waals surface area contributed by atoms with E-state index in [0.717, 1.165) is 25.8 Å². The molecule has 1 aromatic carbocycles. The summed E-state index contributed by atoms with van der Waals surface area (Å²) in [4.78, 5) is 0.376. The molecule has 1 fully saturated rings. The highest BCUT2D eigenvalue weighted by molar-refractivity contribution is 7.89. The van der Waals surface area contributed by atoms with Gasteiger partial charge >= 0.3 is 0 Å². The first kappa shape index (κ1) is 19.7. The minimum atomic E-state index is -3.39. The van der Waals surface area contributed by atoms with Crippen LogP contribution in [-0.2, 0) is 10.0 Å². The topological polar surface area (TPSA) is 49.4 Å². The molecule has 0 atom stereocenters. The Labute approximate surface area is 144 Å². The summed E-state index contributed by atoms with van der Waals surface area (Å²) in [5.41, 5.74) is 0.708. The van der Waals surface area contributed by atoms with Gasteiger partial charge in [-0.1, -0.05) is 11.6 Å². The molecule has 2 rings (SSSR count). The van der Waals surface area contributed by atoms with Crippen molar-refractivity contribution in [3.8, 4) is 0 Å². The summed E-state index contributed by atoms with van der Waals surface area (Å²) >= 11 is 5.91. The van der Waals surface area contributed by atoms with Gasteiger partial charge in [-0.2, -0.15) is 4.31 Å². The molecule has 1 aliphatic rings. The maximum Gasteiger partial charge on any atom is 0.243 e. The SMILES string of the molecule is CNCCC1CCN(S(=O)(=O)c2ccc(Cl)cc2C)CC1.Cl. The molecule has 1 aliphatic heterocycles. The summed E-state index contributed by atoms with van der Waals surface area (Å²) < 4.78 is 27.0. The molecule has 1 heterocycles. The fraction of sp³-hybridized carbons (Fsp3) is 0.600. The minimum absolute atomic E-state index is 0.